The lowest BCUT2D eigenvalue weighted by atomic mass is 10.0. The maximum atomic E-state index is 12.7. The Kier molecular flexibility index (Phi) is 6.17. The van der Waals surface area contributed by atoms with Crippen molar-refractivity contribution >= 4 is 28.4 Å². The van der Waals surface area contributed by atoms with Crippen molar-refractivity contribution in [1.82, 2.24) is 15.0 Å². The van der Waals surface area contributed by atoms with Gasteiger partial charge in [-0.3, -0.25) is 14.6 Å². The van der Waals surface area contributed by atoms with Crippen molar-refractivity contribution < 1.29 is 9.59 Å². The molecule has 0 aliphatic heterocycles. The van der Waals surface area contributed by atoms with Crippen molar-refractivity contribution in [2.75, 3.05) is 5.32 Å². The van der Waals surface area contributed by atoms with Crippen molar-refractivity contribution in [1.29, 1.82) is 0 Å². The number of aromatic nitrogens is 3. The number of hydrogen-bond acceptors (Lipinski definition) is 6. The van der Waals surface area contributed by atoms with Crippen LogP contribution in [-0.4, -0.2) is 26.6 Å². The number of amides is 1. The average Bonchev–Trinajstić information content (AvgIpc) is 2.82. The fourth-order valence-corrected chi connectivity index (χ4v) is 3.60. The van der Waals surface area contributed by atoms with Gasteiger partial charge in [0.25, 0.3) is 5.91 Å². The second-order valence-corrected chi connectivity index (χ2v) is 7.45. The predicted octanol–water partition coefficient (Wildman–Crippen LogP) is 3.72. The van der Waals surface area contributed by atoms with Crippen molar-refractivity contribution in [3.05, 3.63) is 95.1 Å². The number of rotatable bonds is 8. The number of ketones is 1. The largest absolute Gasteiger partial charge is 0.366 e. The summed E-state index contributed by atoms with van der Waals surface area (Å²) in [5, 5.41) is 4.02. The van der Waals surface area contributed by atoms with E-state index in [0.29, 0.717) is 35.4 Å². The molecule has 160 valence electrons. The predicted molar refractivity (Wildman–Crippen MR) is 123 cm³/mol. The molecule has 0 spiro atoms. The van der Waals surface area contributed by atoms with Gasteiger partial charge in [0.05, 0.1) is 11.1 Å². The highest BCUT2D eigenvalue weighted by Crippen LogP contribution is 2.22. The van der Waals surface area contributed by atoms with Gasteiger partial charge >= 0.3 is 0 Å². The summed E-state index contributed by atoms with van der Waals surface area (Å²) >= 11 is 0. The van der Waals surface area contributed by atoms with Gasteiger partial charge in [0.2, 0.25) is 0 Å². The first-order valence-electron chi connectivity index (χ1n) is 10.4. The summed E-state index contributed by atoms with van der Waals surface area (Å²) in [6.45, 7) is 2.52. The molecule has 0 bridgehead atoms. The third kappa shape index (κ3) is 4.62. The number of hydrogen-bond donors (Lipinski definition) is 2. The van der Waals surface area contributed by atoms with Gasteiger partial charge in [0, 0.05) is 35.8 Å². The second-order valence-electron chi connectivity index (χ2n) is 7.45. The first kappa shape index (κ1) is 21.1. The van der Waals surface area contributed by atoms with Gasteiger partial charge in [0.1, 0.15) is 12.1 Å². The summed E-state index contributed by atoms with van der Waals surface area (Å²) in [6, 6.07) is 16.7. The van der Waals surface area contributed by atoms with E-state index in [1.54, 1.807) is 24.4 Å². The monoisotopic (exact) mass is 425 g/mol. The highest BCUT2D eigenvalue weighted by Gasteiger charge is 2.12. The van der Waals surface area contributed by atoms with Crippen molar-refractivity contribution in [3.8, 4) is 0 Å². The van der Waals surface area contributed by atoms with Crippen LogP contribution in [0.5, 0.6) is 0 Å². The standard InChI is InChI=1S/C25H23N5O2/c1-2-19-13-18(9-10-27-19)22(31)12-16-5-3-6-17(11-16)14-28-25-21-8-4-7-20(24(26)32)23(21)29-15-30-25/h3-11,13,15H,2,12,14H2,1H3,(H2,26,32)(H,28,29,30). The zero-order valence-corrected chi connectivity index (χ0v) is 17.7. The number of para-hydroxylation sites is 1. The summed E-state index contributed by atoms with van der Waals surface area (Å²) < 4.78 is 0. The SMILES string of the molecule is CCc1cc(C(=O)Cc2cccc(CNc3ncnc4c(C(N)=O)cccc34)c2)ccn1. The highest BCUT2D eigenvalue weighted by molar-refractivity contribution is 6.06. The number of nitrogens with one attached hydrogen (secondary N) is 1. The molecule has 1 amide bonds. The van der Waals surface area contributed by atoms with Crippen LogP contribution in [0.15, 0.2) is 67.1 Å². The molecule has 4 rings (SSSR count). The van der Waals surface area contributed by atoms with Crippen LogP contribution in [0.3, 0.4) is 0 Å². The molecule has 0 radical (unpaired) electrons. The van der Waals surface area contributed by atoms with E-state index in [1.807, 2.05) is 43.3 Å². The summed E-state index contributed by atoms with van der Waals surface area (Å²) in [7, 11) is 0. The number of anilines is 1. The summed E-state index contributed by atoms with van der Waals surface area (Å²) in [5.74, 6) is 0.148. The molecule has 4 aromatic rings. The van der Waals surface area contributed by atoms with Crippen LogP contribution in [0.2, 0.25) is 0 Å². The van der Waals surface area contributed by atoms with Crippen LogP contribution in [0.25, 0.3) is 10.9 Å². The number of nitrogens with zero attached hydrogens (tertiary/aromatic N) is 3. The molecule has 0 saturated heterocycles. The molecule has 0 fully saturated rings. The molecule has 7 heteroatoms. The van der Waals surface area contributed by atoms with E-state index in [1.165, 1.54) is 6.33 Å². The van der Waals surface area contributed by atoms with Crippen LogP contribution < -0.4 is 11.1 Å². The van der Waals surface area contributed by atoms with E-state index in [4.69, 9.17) is 5.73 Å². The van der Waals surface area contributed by atoms with Crippen molar-refractivity contribution in [3.63, 3.8) is 0 Å². The number of aryl methyl sites for hydroxylation is 1. The first-order chi connectivity index (χ1) is 15.5. The third-order valence-corrected chi connectivity index (χ3v) is 5.25. The van der Waals surface area contributed by atoms with Gasteiger partial charge in [-0.2, -0.15) is 0 Å². The molecule has 3 N–H and O–H groups in total. The van der Waals surface area contributed by atoms with Gasteiger partial charge in [-0.15, -0.1) is 0 Å². The maximum absolute atomic E-state index is 12.7. The Morgan fingerprint density at radius 3 is 2.59 bits per heavy atom. The number of benzene rings is 2. The molecular weight excluding hydrogens is 402 g/mol. The van der Waals surface area contributed by atoms with Crippen LogP contribution in [-0.2, 0) is 19.4 Å². The number of fused-ring (bicyclic) bond motifs is 1. The number of carbonyl (C=O) groups excluding carboxylic acids is 2. The van der Waals surface area contributed by atoms with E-state index < -0.39 is 5.91 Å². The summed E-state index contributed by atoms with van der Waals surface area (Å²) in [5.41, 5.74) is 9.87. The zero-order valence-electron chi connectivity index (χ0n) is 17.7. The molecule has 7 nitrogen and oxygen atoms in total. The van der Waals surface area contributed by atoms with E-state index in [0.717, 1.165) is 28.6 Å². The van der Waals surface area contributed by atoms with Gasteiger partial charge in [-0.1, -0.05) is 37.3 Å². The molecule has 0 aliphatic carbocycles. The normalized spacial score (nSPS) is 10.8. The number of Topliss-reactive ketones (excluding diaryl/α,β-unsaturated/α-hetero) is 1. The number of nitrogens with two attached hydrogens (primary N) is 1. The van der Waals surface area contributed by atoms with Gasteiger partial charge in [-0.25, -0.2) is 9.97 Å². The minimum atomic E-state index is -0.530. The zero-order chi connectivity index (χ0) is 22.5. The fraction of sp³-hybridized carbons (Fsp3) is 0.160. The number of carbonyl (C=O) groups is 2. The summed E-state index contributed by atoms with van der Waals surface area (Å²) in [4.78, 5) is 37.2. The Morgan fingerprint density at radius 1 is 0.969 bits per heavy atom. The fourth-order valence-electron chi connectivity index (χ4n) is 3.60. The van der Waals surface area contributed by atoms with E-state index >= 15 is 0 Å². The Labute approximate surface area is 185 Å². The first-order valence-corrected chi connectivity index (χ1v) is 10.4. The van der Waals surface area contributed by atoms with Crippen molar-refractivity contribution in [2.45, 2.75) is 26.3 Å². The molecule has 2 aromatic carbocycles. The summed E-state index contributed by atoms with van der Waals surface area (Å²) in [6.07, 6.45) is 4.20. The van der Waals surface area contributed by atoms with Crippen LogP contribution in [0.1, 0.15) is 44.5 Å². The van der Waals surface area contributed by atoms with Crippen molar-refractivity contribution in [2.24, 2.45) is 5.73 Å². The molecule has 32 heavy (non-hydrogen) atoms. The molecule has 0 aliphatic rings. The number of pyridine rings is 1. The molecule has 0 atom stereocenters. The Balaban J connectivity index is 1.50. The quantitative estimate of drug-likeness (QED) is 0.416. The second kappa shape index (κ2) is 9.34. The number of primary amides is 1. The van der Waals surface area contributed by atoms with E-state index in [-0.39, 0.29) is 5.78 Å². The Hall–Kier alpha value is -4.13. The lowest BCUT2D eigenvalue weighted by molar-refractivity contribution is 0.0987. The van der Waals surface area contributed by atoms with Gasteiger partial charge < -0.3 is 11.1 Å². The molecule has 2 heterocycles. The lowest BCUT2D eigenvalue weighted by Gasteiger charge is -2.11. The molecule has 0 saturated carbocycles. The van der Waals surface area contributed by atoms with Crippen LogP contribution in [0.4, 0.5) is 5.82 Å². The smallest absolute Gasteiger partial charge is 0.250 e. The topological polar surface area (TPSA) is 111 Å². The highest BCUT2D eigenvalue weighted by atomic mass is 16.1. The minimum Gasteiger partial charge on any atom is -0.366 e. The maximum Gasteiger partial charge on any atom is 0.250 e. The molecular formula is C25H23N5O2. The average molecular weight is 425 g/mol. The Morgan fingerprint density at radius 2 is 1.78 bits per heavy atom. The van der Waals surface area contributed by atoms with E-state index in [2.05, 4.69) is 20.3 Å². The molecule has 2 aromatic heterocycles. The Bertz CT molecular complexity index is 1300. The van der Waals surface area contributed by atoms with Gasteiger partial charge in [-0.05, 0) is 41.8 Å². The van der Waals surface area contributed by atoms with Gasteiger partial charge in [0.15, 0.2) is 5.78 Å². The minimum absolute atomic E-state index is 0.0629. The lowest BCUT2D eigenvalue weighted by Crippen LogP contribution is -2.12. The van der Waals surface area contributed by atoms with Crippen LogP contribution >= 0.6 is 0 Å². The molecule has 0 unspecified atom stereocenters. The van der Waals surface area contributed by atoms with Crippen LogP contribution in [0, 0.1) is 0 Å². The third-order valence-electron chi connectivity index (χ3n) is 5.25. The van der Waals surface area contributed by atoms with E-state index in [9.17, 15) is 9.59 Å².